The Morgan fingerprint density at radius 3 is 2.56 bits per heavy atom. The van der Waals surface area contributed by atoms with Crippen molar-refractivity contribution in [2.24, 2.45) is 0 Å². The van der Waals surface area contributed by atoms with E-state index in [2.05, 4.69) is 5.32 Å². The first-order valence-corrected chi connectivity index (χ1v) is 14.8. The number of allylic oxidation sites excluding steroid dienone is 3. The first-order valence-electron chi connectivity index (χ1n) is 14.8. The molecule has 2 aromatic rings. The molecule has 9 nitrogen and oxygen atoms in total. The Labute approximate surface area is 252 Å². The summed E-state index contributed by atoms with van der Waals surface area (Å²) in [6, 6.07) is 14.4. The molecule has 43 heavy (non-hydrogen) atoms. The summed E-state index contributed by atoms with van der Waals surface area (Å²) >= 11 is 0. The van der Waals surface area contributed by atoms with E-state index in [-0.39, 0.29) is 30.4 Å². The maximum atomic E-state index is 13.9. The van der Waals surface area contributed by atoms with E-state index in [9.17, 15) is 19.5 Å². The van der Waals surface area contributed by atoms with Gasteiger partial charge in [-0.15, -0.1) is 0 Å². The molecule has 2 aromatic carbocycles. The number of aromatic hydroxyl groups is 1. The number of phenolic OH excluding ortho intramolecular Hbond substituents is 1. The van der Waals surface area contributed by atoms with E-state index in [4.69, 9.17) is 14.2 Å². The van der Waals surface area contributed by atoms with Crippen LogP contribution in [0.5, 0.6) is 11.5 Å². The summed E-state index contributed by atoms with van der Waals surface area (Å²) in [5, 5.41) is 13.7. The zero-order chi connectivity index (χ0) is 30.9. The average Bonchev–Trinajstić information content (AvgIpc) is 2.95. The maximum absolute atomic E-state index is 13.9. The minimum Gasteiger partial charge on any atom is -0.508 e. The predicted molar refractivity (Wildman–Crippen MR) is 161 cm³/mol. The summed E-state index contributed by atoms with van der Waals surface area (Å²) in [6.07, 6.45) is 1.13. The van der Waals surface area contributed by atoms with Crippen molar-refractivity contribution in [2.75, 3.05) is 20.2 Å². The van der Waals surface area contributed by atoms with Crippen LogP contribution in [-0.2, 0) is 19.1 Å². The number of benzene rings is 2. The maximum Gasteiger partial charge on any atom is 0.410 e. The largest absolute Gasteiger partial charge is 0.508 e. The number of piperidine rings is 1. The molecular weight excluding hydrogens is 548 g/mol. The Bertz CT molecular complexity index is 1490. The number of ketones is 1. The lowest BCUT2D eigenvalue weighted by Crippen LogP contribution is -2.46. The van der Waals surface area contributed by atoms with E-state index in [0.717, 1.165) is 17.0 Å². The van der Waals surface area contributed by atoms with Gasteiger partial charge in [0.05, 0.1) is 19.2 Å². The Hall–Kier alpha value is -4.27. The molecule has 0 radical (unpaired) electrons. The smallest absolute Gasteiger partial charge is 0.410 e. The topological polar surface area (TPSA) is 114 Å². The van der Waals surface area contributed by atoms with Gasteiger partial charge >= 0.3 is 12.1 Å². The van der Waals surface area contributed by atoms with Gasteiger partial charge in [0, 0.05) is 41.8 Å². The van der Waals surface area contributed by atoms with Gasteiger partial charge in [-0.1, -0.05) is 30.3 Å². The summed E-state index contributed by atoms with van der Waals surface area (Å²) in [6.45, 7) is 8.00. The van der Waals surface area contributed by atoms with Gasteiger partial charge in [0.15, 0.2) is 5.78 Å². The molecular formula is C34H40N2O7. The molecule has 0 saturated carbocycles. The molecule has 228 valence electrons. The Kier molecular flexibility index (Phi) is 8.53. The van der Waals surface area contributed by atoms with E-state index >= 15 is 0 Å². The third kappa shape index (κ3) is 6.55. The first kappa shape index (κ1) is 30.2. The number of carbonyl (C=O) groups is 3. The summed E-state index contributed by atoms with van der Waals surface area (Å²) in [4.78, 5) is 42.1. The van der Waals surface area contributed by atoms with Gasteiger partial charge < -0.3 is 29.5 Å². The van der Waals surface area contributed by atoms with Gasteiger partial charge in [-0.3, -0.25) is 4.79 Å². The molecule has 0 bridgehead atoms. The number of hydrogen-bond acceptors (Lipinski definition) is 8. The third-order valence-corrected chi connectivity index (χ3v) is 8.13. The molecule has 1 fully saturated rings. The fraction of sp³-hybridized carbons (Fsp3) is 0.441. The Morgan fingerprint density at radius 1 is 1.07 bits per heavy atom. The SMILES string of the molecule is COc1ccccc1[C@H]1CC(=O)C2=C(C1)NC(C)=C(C(=O)O[C@H]1CCCN(C(=O)OC(C)(C)C)C1)[C@H]2c1cccc(O)c1. The number of carbonyl (C=O) groups excluding carboxylic acids is 3. The second kappa shape index (κ2) is 12.1. The molecule has 3 aliphatic rings. The molecule has 2 aliphatic heterocycles. The number of phenols is 1. The number of Topliss-reactive ketones (excluding diaryl/α,β-unsaturated/α-hetero) is 1. The Morgan fingerprint density at radius 2 is 1.84 bits per heavy atom. The summed E-state index contributed by atoms with van der Waals surface area (Å²) in [5.41, 5.74) is 3.13. The lowest BCUT2D eigenvalue weighted by atomic mass is 9.71. The zero-order valence-electron chi connectivity index (χ0n) is 25.4. The summed E-state index contributed by atoms with van der Waals surface area (Å²) < 4.78 is 17.1. The van der Waals surface area contributed by atoms with Crippen LogP contribution < -0.4 is 10.1 Å². The predicted octanol–water partition coefficient (Wildman–Crippen LogP) is 5.71. The van der Waals surface area contributed by atoms with Gasteiger partial charge in [-0.05, 0) is 76.3 Å². The molecule has 0 unspecified atom stereocenters. The molecule has 3 atom stereocenters. The van der Waals surface area contributed by atoms with E-state index in [1.807, 2.05) is 51.1 Å². The van der Waals surface area contributed by atoms with E-state index in [1.165, 1.54) is 0 Å². The molecule has 5 rings (SSSR count). The van der Waals surface area contributed by atoms with Gasteiger partial charge in [-0.2, -0.15) is 0 Å². The van der Waals surface area contributed by atoms with Crippen molar-refractivity contribution in [3.8, 4) is 11.5 Å². The van der Waals surface area contributed by atoms with Crippen LogP contribution in [0.2, 0.25) is 0 Å². The molecule has 2 heterocycles. The molecule has 0 spiro atoms. The number of dihydropyridines is 1. The quantitative estimate of drug-likeness (QED) is 0.428. The number of rotatable bonds is 5. The van der Waals surface area contributed by atoms with Crippen LogP contribution >= 0.6 is 0 Å². The van der Waals surface area contributed by atoms with Crippen molar-refractivity contribution in [2.45, 2.75) is 76.9 Å². The number of likely N-dealkylation sites (tertiary alicyclic amines) is 1. The second-order valence-electron chi connectivity index (χ2n) is 12.5. The number of hydrogen-bond donors (Lipinski definition) is 2. The number of amides is 1. The van der Waals surface area contributed by atoms with Crippen LogP contribution in [0.3, 0.4) is 0 Å². The van der Waals surface area contributed by atoms with Crippen LogP contribution in [0, 0.1) is 0 Å². The first-order chi connectivity index (χ1) is 20.4. The number of para-hydroxylation sites is 1. The normalized spacial score (nSPS) is 22.5. The van der Waals surface area contributed by atoms with E-state index < -0.39 is 29.7 Å². The van der Waals surface area contributed by atoms with Crippen LogP contribution in [0.15, 0.2) is 71.1 Å². The van der Waals surface area contributed by atoms with E-state index in [0.29, 0.717) is 48.2 Å². The van der Waals surface area contributed by atoms with Crippen LogP contribution in [0.4, 0.5) is 4.79 Å². The fourth-order valence-electron chi connectivity index (χ4n) is 6.31. The van der Waals surface area contributed by atoms with Crippen molar-refractivity contribution in [1.29, 1.82) is 0 Å². The highest BCUT2D eigenvalue weighted by Gasteiger charge is 2.42. The van der Waals surface area contributed by atoms with Gasteiger partial charge in [-0.25, -0.2) is 9.59 Å². The average molecular weight is 589 g/mol. The standard InChI is InChI=1S/C34H40N2O7/c1-20-29(32(39)42-24-12-9-15-36(19-24)33(40)43-34(2,3)4)30(21-10-8-11-23(37)16-21)31-26(35-20)17-22(18-27(31)38)25-13-6-7-14-28(25)41-5/h6-8,10-11,13-14,16,22,24,30,35,37H,9,12,15,17-19H2,1-5H3/t22-,24+,30-/m1/s1. The molecule has 1 aliphatic carbocycles. The van der Waals surface area contributed by atoms with Crippen molar-refractivity contribution in [3.05, 3.63) is 82.2 Å². The van der Waals surface area contributed by atoms with Crippen molar-refractivity contribution >= 4 is 17.8 Å². The van der Waals surface area contributed by atoms with Crippen LogP contribution in [0.25, 0.3) is 0 Å². The number of ether oxygens (including phenoxy) is 3. The fourth-order valence-corrected chi connectivity index (χ4v) is 6.31. The lowest BCUT2D eigenvalue weighted by molar-refractivity contribution is -0.147. The molecule has 1 amide bonds. The molecule has 0 aromatic heterocycles. The van der Waals surface area contributed by atoms with Crippen molar-refractivity contribution in [1.82, 2.24) is 10.2 Å². The highest BCUT2D eigenvalue weighted by molar-refractivity contribution is 6.04. The van der Waals surface area contributed by atoms with Crippen molar-refractivity contribution in [3.63, 3.8) is 0 Å². The summed E-state index contributed by atoms with van der Waals surface area (Å²) in [7, 11) is 1.62. The molecule has 1 saturated heterocycles. The van der Waals surface area contributed by atoms with Crippen LogP contribution in [-0.4, -0.2) is 59.8 Å². The number of nitrogens with one attached hydrogen (secondary N) is 1. The van der Waals surface area contributed by atoms with E-state index in [1.54, 1.807) is 37.1 Å². The number of esters is 1. The highest BCUT2D eigenvalue weighted by atomic mass is 16.6. The van der Waals surface area contributed by atoms with Gasteiger partial charge in [0.2, 0.25) is 0 Å². The second-order valence-corrected chi connectivity index (χ2v) is 12.5. The van der Waals surface area contributed by atoms with Crippen molar-refractivity contribution < 1.29 is 33.7 Å². The molecule has 9 heteroatoms. The minimum atomic E-state index is -0.715. The van der Waals surface area contributed by atoms with Gasteiger partial charge in [0.1, 0.15) is 23.2 Å². The monoisotopic (exact) mass is 588 g/mol. The number of methoxy groups -OCH3 is 1. The molecule has 2 N–H and O–H groups in total. The lowest BCUT2D eigenvalue weighted by Gasteiger charge is -2.38. The summed E-state index contributed by atoms with van der Waals surface area (Å²) in [5.74, 6) is -0.673. The zero-order valence-corrected chi connectivity index (χ0v) is 25.4. The highest BCUT2D eigenvalue weighted by Crippen LogP contribution is 2.47. The van der Waals surface area contributed by atoms with Gasteiger partial charge in [0.25, 0.3) is 0 Å². The van der Waals surface area contributed by atoms with Crippen LogP contribution in [0.1, 0.15) is 76.3 Å². The minimum absolute atomic E-state index is 0.0407. The number of nitrogens with zero attached hydrogens (tertiary/aromatic N) is 1. The Balaban J connectivity index is 1.44. The third-order valence-electron chi connectivity index (χ3n) is 8.13.